The molecule has 0 heterocycles. The van der Waals surface area contributed by atoms with E-state index in [1.54, 1.807) is 10.5 Å². The van der Waals surface area contributed by atoms with Gasteiger partial charge in [-0.3, -0.25) is 0 Å². The zero-order valence-corrected chi connectivity index (χ0v) is 13.2. The Balaban J connectivity index is 2.29. The first-order valence-corrected chi connectivity index (χ1v) is 7.55. The van der Waals surface area contributed by atoms with Gasteiger partial charge in [0.25, 0.3) is 0 Å². The molecule has 3 rings (SSSR count). The molecule has 21 heavy (non-hydrogen) atoms. The largest absolute Gasteiger partial charge is 0.408 e. The van der Waals surface area contributed by atoms with Gasteiger partial charge >= 0.3 is 0 Å². The fraction of sp³-hybridized carbons (Fsp3) is 0.0526. The molecular weight excluding hydrogens is 272 g/mol. The molecular formula is C19H17OSi. The van der Waals surface area contributed by atoms with Crippen molar-refractivity contribution in [3.8, 4) is 0 Å². The van der Waals surface area contributed by atoms with Gasteiger partial charge in [-0.25, -0.2) is 0 Å². The van der Waals surface area contributed by atoms with Crippen molar-refractivity contribution in [2.24, 2.45) is 0 Å². The normalized spacial score (nSPS) is 11.3. The molecule has 3 aromatic rings. The van der Waals surface area contributed by atoms with Crippen LogP contribution in [0.4, 0.5) is 0 Å². The fourth-order valence-corrected chi connectivity index (χ4v) is 3.27. The Morgan fingerprint density at radius 3 is 1.05 bits per heavy atom. The van der Waals surface area contributed by atoms with Crippen LogP contribution in [0.2, 0.25) is 0 Å². The van der Waals surface area contributed by atoms with E-state index in [1.165, 1.54) is 0 Å². The van der Waals surface area contributed by atoms with Crippen molar-refractivity contribution in [2.75, 3.05) is 0 Å². The number of hydrogen-bond donors (Lipinski definition) is 0. The van der Waals surface area contributed by atoms with Crippen LogP contribution in [-0.2, 0) is 10.0 Å². The van der Waals surface area contributed by atoms with Gasteiger partial charge in [0.05, 0.1) is 0 Å². The molecule has 0 atom stereocenters. The summed E-state index contributed by atoms with van der Waals surface area (Å²) in [7, 11) is 1.55. The van der Waals surface area contributed by atoms with E-state index in [4.69, 9.17) is 4.43 Å². The predicted molar refractivity (Wildman–Crippen MR) is 88.8 cm³/mol. The molecule has 0 aliphatic heterocycles. The van der Waals surface area contributed by atoms with Crippen molar-refractivity contribution in [3.05, 3.63) is 108 Å². The molecule has 1 nitrogen and oxygen atoms in total. The lowest BCUT2D eigenvalue weighted by atomic mass is 9.80. The number of benzene rings is 3. The first-order chi connectivity index (χ1) is 10.4. The summed E-state index contributed by atoms with van der Waals surface area (Å²) in [4.78, 5) is 0. The monoisotopic (exact) mass is 289 g/mol. The Kier molecular flexibility index (Phi) is 4.00. The average molecular weight is 289 g/mol. The van der Waals surface area contributed by atoms with E-state index in [9.17, 15) is 0 Å². The van der Waals surface area contributed by atoms with E-state index >= 15 is 0 Å². The van der Waals surface area contributed by atoms with Gasteiger partial charge < -0.3 is 4.43 Å². The van der Waals surface area contributed by atoms with Crippen LogP contribution in [0.25, 0.3) is 0 Å². The average Bonchev–Trinajstić information content (AvgIpc) is 2.59. The molecule has 0 saturated carbocycles. The van der Waals surface area contributed by atoms with Gasteiger partial charge in [-0.1, -0.05) is 91.0 Å². The van der Waals surface area contributed by atoms with E-state index in [1.807, 2.05) is 18.2 Å². The lowest BCUT2D eigenvalue weighted by molar-refractivity contribution is 0.173. The summed E-state index contributed by atoms with van der Waals surface area (Å²) in [6.07, 6.45) is 0. The Labute approximate surface area is 128 Å². The summed E-state index contributed by atoms with van der Waals surface area (Å²) in [6.45, 7) is 0. The molecule has 103 valence electrons. The van der Waals surface area contributed by atoms with Gasteiger partial charge in [-0.05, 0) is 16.7 Å². The minimum Gasteiger partial charge on any atom is -0.408 e. The second-order valence-electron chi connectivity index (χ2n) is 4.92. The van der Waals surface area contributed by atoms with Crippen molar-refractivity contribution in [1.29, 1.82) is 0 Å². The number of rotatable bonds is 4. The topological polar surface area (TPSA) is 9.23 Å². The Morgan fingerprint density at radius 1 is 0.524 bits per heavy atom. The first kappa shape index (κ1) is 13.8. The quantitative estimate of drug-likeness (QED) is 0.527. The summed E-state index contributed by atoms with van der Waals surface area (Å²) in [5, 5.41) is 0. The Bertz CT molecular complexity index is 584. The predicted octanol–water partition coefficient (Wildman–Crippen LogP) is 3.54. The van der Waals surface area contributed by atoms with Crippen molar-refractivity contribution in [1.82, 2.24) is 0 Å². The molecule has 0 amide bonds. The molecule has 2 heteroatoms. The molecule has 1 radical (unpaired) electrons. The third kappa shape index (κ3) is 2.44. The lowest BCUT2D eigenvalue weighted by Crippen LogP contribution is -2.32. The molecule has 0 saturated heterocycles. The van der Waals surface area contributed by atoms with Crippen molar-refractivity contribution < 1.29 is 4.43 Å². The van der Waals surface area contributed by atoms with Crippen LogP contribution in [0.1, 0.15) is 16.7 Å². The molecule has 0 bridgehead atoms. The Hall–Kier alpha value is -2.16. The fourth-order valence-electron chi connectivity index (χ4n) is 2.77. The molecule has 0 N–H and O–H groups in total. The highest BCUT2D eigenvalue weighted by atomic mass is 28.2. The highest BCUT2D eigenvalue weighted by Crippen LogP contribution is 2.39. The van der Waals surface area contributed by atoms with Crippen LogP contribution in [0.5, 0.6) is 0 Å². The minimum atomic E-state index is -0.567. The van der Waals surface area contributed by atoms with E-state index in [0.29, 0.717) is 0 Å². The second-order valence-corrected chi connectivity index (χ2v) is 5.21. The van der Waals surface area contributed by atoms with Gasteiger partial charge in [0.2, 0.25) is 0 Å². The maximum absolute atomic E-state index is 6.12. The molecule has 0 aliphatic rings. The Morgan fingerprint density at radius 2 is 0.810 bits per heavy atom. The van der Waals surface area contributed by atoms with E-state index in [0.717, 1.165) is 16.7 Å². The van der Waals surface area contributed by atoms with Crippen molar-refractivity contribution in [2.45, 2.75) is 5.60 Å². The molecule has 0 aromatic heterocycles. The summed E-state index contributed by atoms with van der Waals surface area (Å²) < 4.78 is 6.12. The molecule has 0 fully saturated rings. The highest BCUT2D eigenvalue weighted by Gasteiger charge is 2.35. The standard InChI is InChI=1S/C19H17OSi/c21-20-19(16-10-4-1-5-11-16,17-12-6-2-7-13-17)18-14-8-3-9-15-18/h1-15H,21H2. The van der Waals surface area contributed by atoms with Crippen LogP contribution in [-0.4, -0.2) is 10.5 Å². The van der Waals surface area contributed by atoms with Crippen molar-refractivity contribution >= 4 is 10.5 Å². The smallest absolute Gasteiger partial charge is 0.177 e. The summed E-state index contributed by atoms with van der Waals surface area (Å²) in [5.41, 5.74) is 2.84. The van der Waals surface area contributed by atoms with Crippen LogP contribution >= 0.6 is 0 Å². The molecule has 0 spiro atoms. The first-order valence-electron chi connectivity index (χ1n) is 6.97. The zero-order chi connectivity index (χ0) is 14.5. The summed E-state index contributed by atoms with van der Waals surface area (Å²) >= 11 is 0. The highest BCUT2D eigenvalue weighted by molar-refractivity contribution is 5.99. The van der Waals surface area contributed by atoms with Crippen LogP contribution in [0, 0.1) is 0 Å². The van der Waals surface area contributed by atoms with Gasteiger partial charge in [0, 0.05) is 0 Å². The minimum absolute atomic E-state index is 0.567. The number of hydrogen-bond acceptors (Lipinski definition) is 1. The SMILES string of the molecule is [SiH2]OC(c1ccccc1)(c1ccccc1)c1ccccc1. The van der Waals surface area contributed by atoms with Gasteiger partial charge in [0.1, 0.15) is 5.60 Å². The lowest BCUT2D eigenvalue weighted by Gasteiger charge is -2.35. The van der Waals surface area contributed by atoms with Gasteiger partial charge in [-0.15, -0.1) is 0 Å². The van der Waals surface area contributed by atoms with E-state index in [2.05, 4.69) is 72.8 Å². The van der Waals surface area contributed by atoms with Crippen LogP contribution in [0.15, 0.2) is 91.0 Å². The summed E-state index contributed by atoms with van der Waals surface area (Å²) in [6, 6.07) is 31.1. The molecule has 0 aliphatic carbocycles. The van der Waals surface area contributed by atoms with Crippen LogP contribution in [0.3, 0.4) is 0 Å². The van der Waals surface area contributed by atoms with Crippen molar-refractivity contribution in [3.63, 3.8) is 0 Å². The maximum Gasteiger partial charge on any atom is 0.177 e. The zero-order valence-electron chi connectivity index (χ0n) is 11.8. The molecule has 3 aromatic carbocycles. The van der Waals surface area contributed by atoms with Gasteiger partial charge in [-0.2, -0.15) is 0 Å². The third-order valence-corrected chi connectivity index (χ3v) is 4.19. The van der Waals surface area contributed by atoms with Gasteiger partial charge in [0.15, 0.2) is 10.5 Å². The second kappa shape index (κ2) is 6.08. The maximum atomic E-state index is 6.12. The van der Waals surface area contributed by atoms with E-state index in [-0.39, 0.29) is 0 Å². The van der Waals surface area contributed by atoms with Crippen LogP contribution < -0.4 is 0 Å². The third-order valence-electron chi connectivity index (χ3n) is 3.76. The van der Waals surface area contributed by atoms with E-state index < -0.39 is 5.60 Å². The molecule has 0 unspecified atom stereocenters. The summed E-state index contributed by atoms with van der Waals surface area (Å²) in [5.74, 6) is 0.